The lowest BCUT2D eigenvalue weighted by atomic mass is 9.88. The van der Waals surface area contributed by atoms with Crippen molar-refractivity contribution in [2.24, 2.45) is 0 Å². The molecule has 2 aromatic carbocycles. The number of likely N-dealkylation sites (tertiary alicyclic amines) is 1. The van der Waals surface area contributed by atoms with Crippen molar-refractivity contribution in [2.75, 3.05) is 13.1 Å². The van der Waals surface area contributed by atoms with Crippen molar-refractivity contribution in [2.45, 2.75) is 38.6 Å². The molecular formula is C23H25ClN2O. The Labute approximate surface area is 165 Å². The zero-order chi connectivity index (χ0) is 18.8. The lowest BCUT2D eigenvalue weighted by Crippen LogP contribution is -2.29. The van der Waals surface area contributed by atoms with E-state index in [0.29, 0.717) is 11.4 Å². The topological polar surface area (TPSA) is 25.2 Å². The molecular weight excluding hydrogens is 356 g/mol. The molecule has 0 aliphatic carbocycles. The van der Waals surface area contributed by atoms with Crippen molar-refractivity contribution >= 4 is 28.4 Å². The zero-order valence-electron chi connectivity index (χ0n) is 15.7. The minimum Gasteiger partial charge on any atom is -0.347 e. The van der Waals surface area contributed by atoms with Gasteiger partial charge in [0, 0.05) is 54.1 Å². The van der Waals surface area contributed by atoms with Crippen molar-refractivity contribution in [1.29, 1.82) is 0 Å². The van der Waals surface area contributed by atoms with Crippen LogP contribution in [0.4, 0.5) is 0 Å². The van der Waals surface area contributed by atoms with Crippen LogP contribution in [0.5, 0.6) is 0 Å². The number of fused-ring (bicyclic) bond motifs is 1. The van der Waals surface area contributed by atoms with Crippen molar-refractivity contribution in [3.05, 3.63) is 70.9 Å². The Hall–Kier alpha value is -2.26. The van der Waals surface area contributed by atoms with Gasteiger partial charge in [0.1, 0.15) is 0 Å². The molecule has 1 saturated heterocycles. The van der Waals surface area contributed by atoms with Gasteiger partial charge in [-0.2, -0.15) is 0 Å². The summed E-state index contributed by atoms with van der Waals surface area (Å²) < 4.78 is 2.27. The molecule has 140 valence electrons. The van der Waals surface area contributed by atoms with Gasteiger partial charge in [0.25, 0.3) is 0 Å². The monoisotopic (exact) mass is 380 g/mol. The quantitative estimate of drug-likeness (QED) is 0.577. The molecule has 1 amide bonds. The number of para-hydroxylation sites is 1. The molecule has 1 aliphatic rings. The van der Waals surface area contributed by atoms with E-state index in [2.05, 4.69) is 48.0 Å². The van der Waals surface area contributed by atoms with E-state index in [4.69, 9.17) is 11.6 Å². The minimum absolute atomic E-state index is 0.00880. The Morgan fingerprint density at radius 3 is 2.63 bits per heavy atom. The first-order chi connectivity index (χ1) is 13.2. The molecule has 0 N–H and O–H groups in total. The second-order valence-corrected chi connectivity index (χ2v) is 7.72. The van der Waals surface area contributed by atoms with Crippen molar-refractivity contribution in [1.82, 2.24) is 9.47 Å². The Morgan fingerprint density at radius 2 is 1.89 bits per heavy atom. The van der Waals surface area contributed by atoms with Gasteiger partial charge >= 0.3 is 0 Å². The van der Waals surface area contributed by atoms with Crippen LogP contribution in [0.1, 0.15) is 43.2 Å². The van der Waals surface area contributed by atoms with E-state index in [1.807, 2.05) is 23.1 Å². The maximum atomic E-state index is 13.0. The number of hydrogen-bond acceptors (Lipinski definition) is 1. The fraction of sp³-hybridized carbons (Fsp3) is 0.348. The van der Waals surface area contributed by atoms with Gasteiger partial charge in [-0.1, -0.05) is 41.9 Å². The molecule has 4 heteroatoms. The highest BCUT2D eigenvalue weighted by Gasteiger charge is 2.26. The van der Waals surface area contributed by atoms with Crippen LogP contribution < -0.4 is 0 Å². The van der Waals surface area contributed by atoms with E-state index in [-0.39, 0.29) is 11.8 Å². The average molecular weight is 381 g/mol. The molecule has 0 unspecified atom stereocenters. The third kappa shape index (κ3) is 3.61. The van der Waals surface area contributed by atoms with Crippen LogP contribution in [0.15, 0.2) is 54.7 Å². The number of halogens is 1. The highest BCUT2D eigenvalue weighted by Crippen LogP contribution is 2.36. The van der Waals surface area contributed by atoms with Crippen molar-refractivity contribution < 1.29 is 4.79 Å². The second-order valence-electron chi connectivity index (χ2n) is 7.29. The largest absolute Gasteiger partial charge is 0.347 e. The summed E-state index contributed by atoms with van der Waals surface area (Å²) in [4.78, 5) is 15.0. The van der Waals surface area contributed by atoms with Gasteiger partial charge in [0.2, 0.25) is 5.91 Å². The lowest BCUT2D eigenvalue weighted by molar-refractivity contribution is -0.130. The molecule has 0 bridgehead atoms. The Morgan fingerprint density at radius 1 is 1.11 bits per heavy atom. The minimum atomic E-state index is 0.00880. The van der Waals surface area contributed by atoms with E-state index in [0.717, 1.165) is 38.0 Å². The van der Waals surface area contributed by atoms with Gasteiger partial charge in [0.05, 0.1) is 0 Å². The maximum Gasteiger partial charge on any atom is 0.223 e. The van der Waals surface area contributed by atoms with E-state index in [1.54, 1.807) is 0 Å². The normalized spacial score (nSPS) is 15.4. The standard InChI is InChI=1S/C23H25ClN2O/c1-2-25-16-21(19-10-3-4-11-22(19)25)20(17-8-7-9-18(24)14-17)15-23(27)26-12-5-6-13-26/h3-4,7-11,14,16,20H,2,5-6,12-13,15H2,1H3/t20-/m1/s1. The number of carbonyl (C=O) groups excluding carboxylic acids is 1. The smallest absolute Gasteiger partial charge is 0.223 e. The predicted octanol–water partition coefficient (Wildman–Crippen LogP) is 5.46. The maximum absolute atomic E-state index is 13.0. The number of rotatable bonds is 5. The zero-order valence-corrected chi connectivity index (χ0v) is 16.5. The van der Waals surface area contributed by atoms with Gasteiger partial charge in [-0.15, -0.1) is 0 Å². The number of amides is 1. The number of aromatic nitrogens is 1. The number of aryl methyl sites for hydroxylation is 1. The van der Waals surface area contributed by atoms with Crippen molar-refractivity contribution in [3.8, 4) is 0 Å². The molecule has 3 aromatic rings. The van der Waals surface area contributed by atoms with Gasteiger partial charge < -0.3 is 9.47 Å². The molecule has 27 heavy (non-hydrogen) atoms. The molecule has 4 rings (SSSR count). The Bertz CT molecular complexity index is 956. The fourth-order valence-corrected chi connectivity index (χ4v) is 4.41. The van der Waals surface area contributed by atoms with Crippen LogP contribution in [0.3, 0.4) is 0 Å². The number of carbonyl (C=O) groups is 1. The summed E-state index contributed by atoms with van der Waals surface area (Å²) >= 11 is 6.29. The summed E-state index contributed by atoms with van der Waals surface area (Å²) in [7, 11) is 0. The molecule has 1 aromatic heterocycles. The van der Waals surface area contributed by atoms with E-state index in [1.165, 1.54) is 16.5 Å². The number of nitrogens with zero attached hydrogens (tertiary/aromatic N) is 2. The number of hydrogen-bond donors (Lipinski definition) is 0. The highest BCUT2D eigenvalue weighted by atomic mass is 35.5. The molecule has 3 nitrogen and oxygen atoms in total. The summed E-state index contributed by atoms with van der Waals surface area (Å²) in [6.45, 7) is 4.83. The molecule has 1 atom stereocenters. The van der Waals surface area contributed by atoms with Gasteiger partial charge in [0.15, 0.2) is 0 Å². The lowest BCUT2D eigenvalue weighted by Gasteiger charge is -2.21. The van der Waals surface area contributed by atoms with E-state index < -0.39 is 0 Å². The second kappa shape index (κ2) is 7.77. The summed E-state index contributed by atoms with van der Waals surface area (Å²) in [5.41, 5.74) is 3.53. The van der Waals surface area contributed by atoms with E-state index >= 15 is 0 Å². The van der Waals surface area contributed by atoms with Crippen LogP contribution >= 0.6 is 11.6 Å². The van der Waals surface area contributed by atoms with Crippen LogP contribution in [-0.4, -0.2) is 28.5 Å². The van der Waals surface area contributed by atoms with Crippen LogP contribution in [0, 0.1) is 0 Å². The predicted molar refractivity (Wildman–Crippen MR) is 111 cm³/mol. The van der Waals surface area contributed by atoms with Crippen molar-refractivity contribution in [3.63, 3.8) is 0 Å². The van der Waals surface area contributed by atoms with Crippen LogP contribution in [0.2, 0.25) is 5.02 Å². The summed E-state index contributed by atoms with van der Waals surface area (Å²) in [6, 6.07) is 16.4. The molecule has 1 fully saturated rings. The highest BCUT2D eigenvalue weighted by molar-refractivity contribution is 6.30. The molecule has 0 spiro atoms. The van der Waals surface area contributed by atoms with Crippen LogP contribution in [0.25, 0.3) is 10.9 Å². The Kier molecular flexibility index (Phi) is 5.22. The molecule has 2 heterocycles. The van der Waals surface area contributed by atoms with Gasteiger partial charge in [-0.05, 0) is 49.1 Å². The third-order valence-electron chi connectivity index (χ3n) is 5.62. The molecule has 0 radical (unpaired) electrons. The SMILES string of the molecule is CCn1cc([C@H](CC(=O)N2CCCC2)c2cccc(Cl)c2)c2ccccc21. The van der Waals surface area contributed by atoms with Gasteiger partial charge in [-0.25, -0.2) is 0 Å². The first kappa shape index (κ1) is 18.1. The summed E-state index contributed by atoms with van der Waals surface area (Å²) in [5.74, 6) is 0.250. The average Bonchev–Trinajstić information content (AvgIpc) is 3.34. The fourth-order valence-electron chi connectivity index (χ4n) is 4.22. The summed E-state index contributed by atoms with van der Waals surface area (Å²) in [6.07, 6.45) is 4.93. The first-order valence-corrected chi connectivity index (χ1v) is 10.2. The van der Waals surface area contributed by atoms with Gasteiger partial charge in [-0.3, -0.25) is 4.79 Å². The molecule has 0 saturated carbocycles. The van der Waals surface area contributed by atoms with E-state index in [9.17, 15) is 4.79 Å². The summed E-state index contributed by atoms with van der Waals surface area (Å²) in [5, 5.41) is 1.93. The molecule has 1 aliphatic heterocycles. The first-order valence-electron chi connectivity index (χ1n) is 9.78. The number of benzene rings is 2. The van der Waals surface area contributed by atoms with Crippen LogP contribution in [-0.2, 0) is 11.3 Å². The third-order valence-corrected chi connectivity index (χ3v) is 5.86. The Balaban J connectivity index is 1.79.